The van der Waals surface area contributed by atoms with Gasteiger partial charge in [-0.3, -0.25) is 14.9 Å². The van der Waals surface area contributed by atoms with Crippen molar-refractivity contribution in [1.82, 2.24) is 21.3 Å². The van der Waals surface area contributed by atoms with Crippen LogP contribution >= 0.6 is 0 Å². The molecule has 1 aliphatic heterocycles. The third kappa shape index (κ3) is 4.78. The van der Waals surface area contributed by atoms with Gasteiger partial charge in [-0.1, -0.05) is 0 Å². The van der Waals surface area contributed by atoms with Gasteiger partial charge >= 0.3 is 0 Å². The standard InChI is InChI=1S/C8H16N4O2/c13-7-5-10-6-8(14)12-4-2-9-1-3-11-7/h9-10H,1-6H2,(H,11,13)(H,12,14). The van der Waals surface area contributed by atoms with Gasteiger partial charge in [0.1, 0.15) is 0 Å². The average molecular weight is 200 g/mol. The third-order valence-corrected chi connectivity index (χ3v) is 1.82. The van der Waals surface area contributed by atoms with Crippen molar-refractivity contribution in [2.75, 3.05) is 39.3 Å². The molecule has 2 amide bonds. The lowest BCUT2D eigenvalue weighted by Crippen LogP contribution is -2.44. The summed E-state index contributed by atoms with van der Waals surface area (Å²) in [5, 5.41) is 11.3. The Kier molecular flexibility index (Phi) is 4.95. The van der Waals surface area contributed by atoms with Crippen LogP contribution in [0.2, 0.25) is 0 Å². The predicted molar refractivity (Wildman–Crippen MR) is 51.8 cm³/mol. The van der Waals surface area contributed by atoms with Crippen LogP contribution in [0.15, 0.2) is 0 Å². The van der Waals surface area contributed by atoms with Crippen molar-refractivity contribution in [3.05, 3.63) is 0 Å². The van der Waals surface area contributed by atoms with E-state index in [9.17, 15) is 9.59 Å². The SMILES string of the molecule is O=C1CNCC(=O)NCCNCCN1. The van der Waals surface area contributed by atoms with Gasteiger partial charge in [0.15, 0.2) is 0 Å². The minimum Gasteiger partial charge on any atom is -0.354 e. The number of nitrogens with one attached hydrogen (secondary N) is 4. The molecule has 0 atom stereocenters. The second kappa shape index (κ2) is 6.33. The molecule has 14 heavy (non-hydrogen) atoms. The fourth-order valence-electron chi connectivity index (χ4n) is 1.12. The van der Waals surface area contributed by atoms with Gasteiger partial charge in [-0.2, -0.15) is 0 Å². The summed E-state index contributed by atoms with van der Waals surface area (Å²) in [5.74, 6) is -0.166. The minimum atomic E-state index is -0.0832. The molecule has 80 valence electrons. The van der Waals surface area contributed by atoms with E-state index >= 15 is 0 Å². The van der Waals surface area contributed by atoms with Crippen molar-refractivity contribution in [3.8, 4) is 0 Å². The van der Waals surface area contributed by atoms with Gasteiger partial charge in [0, 0.05) is 26.2 Å². The molecular formula is C8H16N4O2. The third-order valence-electron chi connectivity index (χ3n) is 1.82. The number of rotatable bonds is 0. The first-order valence-electron chi connectivity index (χ1n) is 4.74. The molecule has 0 aromatic rings. The van der Waals surface area contributed by atoms with Gasteiger partial charge in [0.2, 0.25) is 11.8 Å². The monoisotopic (exact) mass is 200 g/mol. The molecule has 6 nitrogen and oxygen atoms in total. The maximum atomic E-state index is 11.1. The molecular weight excluding hydrogens is 184 g/mol. The van der Waals surface area contributed by atoms with E-state index in [1.165, 1.54) is 0 Å². The molecule has 6 heteroatoms. The summed E-state index contributed by atoms with van der Waals surface area (Å²) in [6.07, 6.45) is 0. The summed E-state index contributed by atoms with van der Waals surface area (Å²) in [6, 6.07) is 0. The van der Waals surface area contributed by atoms with Gasteiger partial charge in [-0.25, -0.2) is 0 Å². The number of hydrogen-bond donors (Lipinski definition) is 4. The first-order valence-corrected chi connectivity index (χ1v) is 4.74. The van der Waals surface area contributed by atoms with E-state index in [4.69, 9.17) is 0 Å². The highest BCUT2D eigenvalue weighted by Gasteiger charge is 2.04. The minimum absolute atomic E-state index is 0.0832. The van der Waals surface area contributed by atoms with Crippen molar-refractivity contribution in [3.63, 3.8) is 0 Å². The highest BCUT2D eigenvalue weighted by atomic mass is 16.2. The maximum absolute atomic E-state index is 11.1. The van der Waals surface area contributed by atoms with Crippen molar-refractivity contribution >= 4 is 11.8 Å². The molecule has 1 fully saturated rings. The Labute approximate surface area is 82.8 Å². The van der Waals surface area contributed by atoms with E-state index in [0.717, 1.165) is 13.1 Å². The molecule has 0 spiro atoms. The van der Waals surface area contributed by atoms with Crippen LogP contribution in [0.5, 0.6) is 0 Å². The summed E-state index contributed by atoms with van der Waals surface area (Å²) < 4.78 is 0. The zero-order chi connectivity index (χ0) is 10.2. The Balaban J connectivity index is 2.28. The van der Waals surface area contributed by atoms with Crippen molar-refractivity contribution in [2.24, 2.45) is 0 Å². The van der Waals surface area contributed by atoms with Crippen LogP contribution in [0.3, 0.4) is 0 Å². The first-order chi connectivity index (χ1) is 6.79. The quantitative estimate of drug-likeness (QED) is 0.346. The summed E-state index contributed by atoms with van der Waals surface area (Å²) >= 11 is 0. The molecule has 1 rings (SSSR count). The summed E-state index contributed by atoms with van der Waals surface area (Å²) in [5.41, 5.74) is 0. The van der Waals surface area contributed by atoms with E-state index in [1.807, 2.05) is 0 Å². The molecule has 0 aliphatic carbocycles. The normalized spacial score (nSPS) is 21.4. The van der Waals surface area contributed by atoms with Crippen LogP contribution < -0.4 is 21.3 Å². The second-order valence-electron chi connectivity index (χ2n) is 3.05. The van der Waals surface area contributed by atoms with Crippen LogP contribution in [0.4, 0.5) is 0 Å². The molecule has 0 saturated carbocycles. The van der Waals surface area contributed by atoms with Crippen LogP contribution in [-0.4, -0.2) is 51.1 Å². The number of amides is 2. The van der Waals surface area contributed by atoms with Crippen LogP contribution in [0.1, 0.15) is 0 Å². The Morgan fingerprint density at radius 3 is 1.71 bits per heavy atom. The van der Waals surface area contributed by atoms with Crippen molar-refractivity contribution < 1.29 is 9.59 Å². The molecule has 0 radical (unpaired) electrons. The zero-order valence-electron chi connectivity index (χ0n) is 8.06. The lowest BCUT2D eigenvalue weighted by Gasteiger charge is -2.11. The lowest BCUT2D eigenvalue weighted by molar-refractivity contribution is -0.121. The van der Waals surface area contributed by atoms with Gasteiger partial charge in [-0.05, 0) is 0 Å². The molecule has 1 heterocycles. The fraction of sp³-hybridized carbons (Fsp3) is 0.750. The van der Waals surface area contributed by atoms with Gasteiger partial charge in [-0.15, -0.1) is 0 Å². The van der Waals surface area contributed by atoms with E-state index in [-0.39, 0.29) is 24.9 Å². The fourth-order valence-corrected chi connectivity index (χ4v) is 1.12. The van der Waals surface area contributed by atoms with E-state index in [1.54, 1.807) is 0 Å². The number of hydrogen-bond acceptors (Lipinski definition) is 4. The van der Waals surface area contributed by atoms with E-state index in [2.05, 4.69) is 21.3 Å². The average Bonchev–Trinajstić information content (AvgIpc) is 2.14. The Morgan fingerprint density at radius 2 is 1.21 bits per heavy atom. The van der Waals surface area contributed by atoms with E-state index < -0.39 is 0 Å². The van der Waals surface area contributed by atoms with E-state index in [0.29, 0.717) is 13.1 Å². The largest absolute Gasteiger partial charge is 0.354 e. The summed E-state index contributed by atoms with van der Waals surface area (Å²) in [4.78, 5) is 22.1. The smallest absolute Gasteiger partial charge is 0.234 e. The zero-order valence-corrected chi connectivity index (χ0v) is 8.06. The molecule has 1 saturated heterocycles. The van der Waals surface area contributed by atoms with Gasteiger partial charge in [0.25, 0.3) is 0 Å². The van der Waals surface area contributed by atoms with Crippen LogP contribution in [0, 0.1) is 0 Å². The predicted octanol–water partition coefficient (Wildman–Crippen LogP) is -2.59. The second-order valence-corrected chi connectivity index (χ2v) is 3.05. The Bertz CT molecular complexity index is 188. The molecule has 0 bridgehead atoms. The van der Waals surface area contributed by atoms with Crippen molar-refractivity contribution in [1.29, 1.82) is 0 Å². The number of carbonyl (C=O) groups excluding carboxylic acids is 2. The first kappa shape index (κ1) is 10.9. The van der Waals surface area contributed by atoms with Gasteiger partial charge in [0.05, 0.1) is 13.1 Å². The summed E-state index contributed by atoms with van der Waals surface area (Å²) in [6.45, 7) is 3.06. The van der Waals surface area contributed by atoms with Gasteiger partial charge < -0.3 is 16.0 Å². The number of carbonyl (C=O) groups is 2. The summed E-state index contributed by atoms with van der Waals surface area (Å²) in [7, 11) is 0. The molecule has 0 aromatic heterocycles. The lowest BCUT2D eigenvalue weighted by atomic mass is 10.4. The maximum Gasteiger partial charge on any atom is 0.234 e. The van der Waals surface area contributed by atoms with Crippen LogP contribution in [0.25, 0.3) is 0 Å². The Morgan fingerprint density at radius 1 is 0.714 bits per heavy atom. The highest BCUT2D eigenvalue weighted by molar-refractivity contribution is 5.81. The van der Waals surface area contributed by atoms with Crippen molar-refractivity contribution in [2.45, 2.75) is 0 Å². The Hall–Kier alpha value is -1.14. The molecule has 4 N–H and O–H groups in total. The molecule has 0 aromatic carbocycles. The molecule has 0 unspecified atom stereocenters. The highest BCUT2D eigenvalue weighted by Crippen LogP contribution is 1.70. The van der Waals surface area contributed by atoms with Crippen LogP contribution in [-0.2, 0) is 9.59 Å². The topological polar surface area (TPSA) is 82.3 Å². The molecule has 1 aliphatic rings.